The standard InChI is InChI=1S/C21H26N2O5/c24-8-2-1-3-15-4-5-18-16(11-15)6-7-23-19(18)12-20(22-21(23)25)28-14-17-13-26-9-10-27-17/h4-5,11-12,17,24H,1-3,6-10,13-14H2/t17-/m0/s1. The number of ether oxygens (including phenoxy) is 3. The van der Waals surface area contributed by atoms with E-state index in [1.165, 1.54) is 11.1 Å². The van der Waals surface area contributed by atoms with Gasteiger partial charge in [0.15, 0.2) is 0 Å². The molecule has 3 heterocycles. The maximum Gasteiger partial charge on any atom is 0.351 e. The fraction of sp³-hybridized carbons (Fsp3) is 0.524. The van der Waals surface area contributed by atoms with Gasteiger partial charge in [0.25, 0.3) is 0 Å². The van der Waals surface area contributed by atoms with Crippen LogP contribution < -0.4 is 10.4 Å². The summed E-state index contributed by atoms with van der Waals surface area (Å²) in [4.78, 5) is 16.6. The highest BCUT2D eigenvalue weighted by atomic mass is 16.6. The number of aliphatic hydroxyl groups excluding tert-OH is 1. The summed E-state index contributed by atoms with van der Waals surface area (Å²) in [6.07, 6.45) is 3.42. The molecule has 0 aliphatic carbocycles. The van der Waals surface area contributed by atoms with Gasteiger partial charge in [-0.15, -0.1) is 0 Å². The summed E-state index contributed by atoms with van der Waals surface area (Å²) < 4.78 is 18.4. The summed E-state index contributed by atoms with van der Waals surface area (Å²) in [5.41, 5.74) is 4.12. The number of nitrogens with zero attached hydrogens (tertiary/aromatic N) is 2. The van der Waals surface area contributed by atoms with Crippen molar-refractivity contribution in [3.8, 4) is 17.1 Å². The van der Waals surface area contributed by atoms with Crippen LogP contribution in [0, 0.1) is 0 Å². The van der Waals surface area contributed by atoms with Crippen molar-refractivity contribution in [1.29, 1.82) is 0 Å². The first kappa shape index (κ1) is 19.1. The van der Waals surface area contributed by atoms with Crippen LogP contribution in [-0.2, 0) is 28.9 Å². The molecule has 0 radical (unpaired) electrons. The Morgan fingerprint density at radius 3 is 3.00 bits per heavy atom. The number of rotatable bonds is 7. The molecule has 1 saturated heterocycles. The van der Waals surface area contributed by atoms with Gasteiger partial charge in [0.2, 0.25) is 5.88 Å². The summed E-state index contributed by atoms with van der Waals surface area (Å²) in [6, 6.07) is 8.24. The second kappa shape index (κ2) is 8.86. The average Bonchev–Trinajstić information content (AvgIpc) is 2.73. The first-order valence-electron chi connectivity index (χ1n) is 9.91. The second-order valence-electron chi connectivity index (χ2n) is 7.21. The fourth-order valence-corrected chi connectivity index (χ4v) is 3.74. The van der Waals surface area contributed by atoms with E-state index in [1.807, 2.05) is 6.07 Å². The molecule has 1 fully saturated rings. The van der Waals surface area contributed by atoms with E-state index in [9.17, 15) is 4.79 Å². The van der Waals surface area contributed by atoms with Gasteiger partial charge in [0.1, 0.15) is 12.7 Å². The Morgan fingerprint density at radius 2 is 2.18 bits per heavy atom. The summed E-state index contributed by atoms with van der Waals surface area (Å²) in [5, 5.41) is 8.96. The molecule has 0 saturated carbocycles. The van der Waals surface area contributed by atoms with Crippen LogP contribution in [0.2, 0.25) is 0 Å². The van der Waals surface area contributed by atoms with Crippen LogP contribution in [0.15, 0.2) is 29.1 Å². The maximum absolute atomic E-state index is 12.5. The van der Waals surface area contributed by atoms with E-state index < -0.39 is 0 Å². The van der Waals surface area contributed by atoms with Gasteiger partial charge >= 0.3 is 5.69 Å². The number of hydrogen-bond acceptors (Lipinski definition) is 6. The number of benzene rings is 1. The summed E-state index contributed by atoms with van der Waals surface area (Å²) in [6.45, 7) is 2.82. The van der Waals surface area contributed by atoms with E-state index in [0.717, 1.165) is 36.9 Å². The van der Waals surface area contributed by atoms with Gasteiger partial charge in [-0.25, -0.2) is 4.79 Å². The lowest BCUT2D eigenvalue weighted by molar-refractivity contribution is -0.102. The fourth-order valence-electron chi connectivity index (χ4n) is 3.74. The zero-order chi connectivity index (χ0) is 19.3. The predicted molar refractivity (Wildman–Crippen MR) is 104 cm³/mol. The molecule has 0 bridgehead atoms. The van der Waals surface area contributed by atoms with Crippen molar-refractivity contribution in [1.82, 2.24) is 9.55 Å². The van der Waals surface area contributed by atoms with E-state index in [2.05, 4.69) is 23.2 Å². The summed E-state index contributed by atoms with van der Waals surface area (Å²) in [7, 11) is 0. The van der Waals surface area contributed by atoms with Gasteiger partial charge in [-0.2, -0.15) is 4.98 Å². The summed E-state index contributed by atoms with van der Waals surface area (Å²) >= 11 is 0. The van der Waals surface area contributed by atoms with Crippen LogP contribution in [0.1, 0.15) is 24.0 Å². The highest BCUT2D eigenvalue weighted by Gasteiger charge is 2.21. The zero-order valence-corrected chi connectivity index (χ0v) is 15.9. The molecule has 0 unspecified atom stereocenters. The Morgan fingerprint density at radius 1 is 1.25 bits per heavy atom. The van der Waals surface area contributed by atoms with Gasteiger partial charge in [-0.05, 0) is 36.8 Å². The maximum atomic E-state index is 12.5. The van der Waals surface area contributed by atoms with Crippen LogP contribution in [0.25, 0.3) is 11.3 Å². The molecule has 28 heavy (non-hydrogen) atoms. The highest BCUT2D eigenvalue weighted by Crippen LogP contribution is 2.30. The average molecular weight is 386 g/mol. The quantitative estimate of drug-likeness (QED) is 0.728. The Kier molecular flexibility index (Phi) is 6.04. The normalized spacial score (nSPS) is 18.4. The van der Waals surface area contributed by atoms with Crippen LogP contribution >= 0.6 is 0 Å². The van der Waals surface area contributed by atoms with E-state index in [-0.39, 0.29) is 18.4 Å². The molecule has 0 spiro atoms. The number of aromatic nitrogens is 2. The van der Waals surface area contributed by atoms with Gasteiger partial charge in [0.05, 0.1) is 25.5 Å². The predicted octanol–water partition coefficient (Wildman–Crippen LogP) is 1.58. The van der Waals surface area contributed by atoms with Gasteiger partial charge in [0, 0.05) is 24.8 Å². The van der Waals surface area contributed by atoms with Crippen molar-refractivity contribution < 1.29 is 19.3 Å². The number of hydrogen-bond donors (Lipinski definition) is 1. The van der Waals surface area contributed by atoms with Crippen molar-refractivity contribution in [2.45, 2.75) is 38.3 Å². The van der Waals surface area contributed by atoms with Crippen molar-refractivity contribution in [2.24, 2.45) is 0 Å². The lowest BCUT2D eigenvalue weighted by atomic mass is 9.94. The Balaban J connectivity index is 1.54. The molecule has 2 aliphatic heterocycles. The molecule has 1 atom stereocenters. The number of fused-ring (bicyclic) bond motifs is 3. The molecule has 1 aromatic carbocycles. The monoisotopic (exact) mass is 386 g/mol. The first-order chi connectivity index (χ1) is 13.7. The van der Waals surface area contributed by atoms with Crippen molar-refractivity contribution in [3.63, 3.8) is 0 Å². The second-order valence-corrected chi connectivity index (χ2v) is 7.21. The Bertz CT molecular complexity index is 874. The largest absolute Gasteiger partial charge is 0.475 e. The van der Waals surface area contributed by atoms with Crippen molar-refractivity contribution >= 4 is 0 Å². The van der Waals surface area contributed by atoms with Crippen LogP contribution in [-0.4, -0.2) is 53.8 Å². The molecule has 0 amide bonds. The number of aliphatic hydroxyl groups is 1. The van der Waals surface area contributed by atoms with Gasteiger partial charge in [-0.1, -0.05) is 18.2 Å². The zero-order valence-electron chi connectivity index (χ0n) is 15.9. The van der Waals surface area contributed by atoms with Crippen LogP contribution in [0.3, 0.4) is 0 Å². The van der Waals surface area contributed by atoms with E-state index in [0.29, 0.717) is 38.9 Å². The minimum atomic E-state index is -0.286. The molecule has 2 aliphatic rings. The van der Waals surface area contributed by atoms with Crippen molar-refractivity contribution in [3.05, 3.63) is 45.9 Å². The van der Waals surface area contributed by atoms with E-state index in [1.54, 1.807) is 4.57 Å². The molecule has 1 N–H and O–H groups in total. The molecule has 4 rings (SSSR count). The Labute approximate surface area is 163 Å². The highest BCUT2D eigenvalue weighted by molar-refractivity contribution is 5.67. The first-order valence-corrected chi connectivity index (χ1v) is 9.91. The van der Waals surface area contributed by atoms with E-state index >= 15 is 0 Å². The number of aryl methyl sites for hydroxylation is 2. The smallest absolute Gasteiger partial charge is 0.351 e. The van der Waals surface area contributed by atoms with Gasteiger partial charge < -0.3 is 19.3 Å². The third-order valence-electron chi connectivity index (χ3n) is 5.21. The third-order valence-corrected chi connectivity index (χ3v) is 5.21. The minimum absolute atomic E-state index is 0.136. The lowest BCUT2D eigenvalue weighted by Crippen LogP contribution is -2.34. The number of unbranched alkanes of at least 4 members (excludes halogenated alkanes) is 1. The topological polar surface area (TPSA) is 82.8 Å². The summed E-state index contributed by atoms with van der Waals surface area (Å²) in [5.74, 6) is 0.324. The molecule has 1 aromatic heterocycles. The molecular formula is C21H26N2O5. The molecule has 2 aromatic rings. The third kappa shape index (κ3) is 4.27. The lowest BCUT2D eigenvalue weighted by Gasteiger charge is -2.24. The van der Waals surface area contributed by atoms with Crippen molar-refractivity contribution in [2.75, 3.05) is 33.0 Å². The van der Waals surface area contributed by atoms with Crippen LogP contribution in [0.5, 0.6) is 5.88 Å². The SMILES string of the molecule is O=c1nc(OC[C@@H]2COCCO2)cc2n1CCc1cc(CCCCO)ccc1-2. The molecule has 150 valence electrons. The molecular weight excluding hydrogens is 360 g/mol. The van der Waals surface area contributed by atoms with Crippen LogP contribution in [0.4, 0.5) is 0 Å². The molecule has 7 heteroatoms. The van der Waals surface area contributed by atoms with Gasteiger partial charge in [-0.3, -0.25) is 4.57 Å². The van der Waals surface area contributed by atoms with E-state index in [4.69, 9.17) is 19.3 Å². The molecule has 7 nitrogen and oxygen atoms in total. The minimum Gasteiger partial charge on any atom is -0.475 e. The Hall–Kier alpha value is -2.22.